The molecule has 2 aromatic rings. The molecule has 0 spiro atoms. The molecular formula is C46H66ClN7O7. The average Bonchev–Trinajstić information content (AvgIpc) is 3.43. The Balaban J connectivity index is 0.947. The highest BCUT2D eigenvalue weighted by Crippen LogP contribution is 2.29. The zero-order chi connectivity index (χ0) is 43.5. The van der Waals surface area contributed by atoms with Crippen molar-refractivity contribution in [3.05, 3.63) is 58.1 Å². The van der Waals surface area contributed by atoms with Gasteiger partial charge in [-0.25, -0.2) is 9.59 Å². The summed E-state index contributed by atoms with van der Waals surface area (Å²) in [6.45, 7) is 10.3. The number of amides is 5. The van der Waals surface area contributed by atoms with E-state index in [1.165, 1.54) is 0 Å². The largest absolute Gasteiger partial charge is 0.466 e. The summed E-state index contributed by atoms with van der Waals surface area (Å²) in [5.41, 5.74) is 10.1. The minimum absolute atomic E-state index is 0.0144. The molecule has 5 amide bonds. The summed E-state index contributed by atoms with van der Waals surface area (Å²) in [5, 5.41) is 3.44. The summed E-state index contributed by atoms with van der Waals surface area (Å²) < 4.78 is 11.5. The zero-order valence-electron chi connectivity index (χ0n) is 36.4. The third-order valence-electron chi connectivity index (χ3n) is 13.3. The number of urea groups is 1. The number of carbonyl (C=O) groups excluding carboxylic acids is 5. The Bertz CT molecular complexity index is 1820. The fourth-order valence-electron chi connectivity index (χ4n) is 9.23. The minimum atomic E-state index is -1.06. The van der Waals surface area contributed by atoms with Crippen molar-refractivity contribution in [1.82, 2.24) is 24.5 Å². The van der Waals surface area contributed by atoms with Crippen molar-refractivity contribution in [1.29, 1.82) is 0 Å². The molecule has 2 atom stereocenters. The maximum absolute atomic E-state index is 14.1. The topological polar surface area (TPSA) is 158 Å². The van der Waals surface area contributed by atoms with Crippen LogP contribution in [-0.4, -0.2) is 139 Å². The SMILES string of the molecule is Cc1cc(C[C@@H](OC(=O)N2CCC(N3CCc4ccccc4NC3=O)CC2)C(=O)N(C)CCC(C)C2CCN(CCC(=O)OCCCN3CCCCC3=O)CC2)cc(Cl)c1N. The number of likely N-dealkylation sites (tertiary alicyclic amines) is 3. The van der Waals surface area contributed by atoms with Gasteiger partial charge >= 0.3 is 18.1 Å². The fourth-order valence-corrected chi connectivity index (χ4v) is 9.52. The molecule has 4 aliphatic heterocycles. The number of fused-ring (bicyclic) bond motifs is 1. The molecule has 0 radical (unpaired) electrons. The number of nitrogen functional groups attached to an aromatic ring is 1. The molecule has 3 saturated heterocycles. The van der Waals surface area contributed by atoms with E-state index in [-0.39, 0.29) is 36.3 Å². The highest BCUT2D eigenvalue weighted by atomic mass is 35.5. The van der Waals surface area contributed by atoms with E-state index in [0.717, 1.165) is 80.5 Å². The number of rotatable bonds is 16. The second-order valence-electron chi connectivity index (χ2n) is 17.5. The first-order chi connectivity index (χ1) is 29.4. The third kappa shape index (κ3) is 12.7. The van der Waals surface area contributed by atoms with Crippen molar-refractivity contribution < 1.29 is 33.4 Å². The van der Waals surface area contributed by atoms with Crippen LogP contribution in [0.1, 0.15) is 87.8 Å². The van der Waals surface area contributed by atoms with E-state index >= 15 is 0 Å². The summed E-state index contributed by atoms with van der Waals surface area (Å²) in [7, 11) is 1.77. The van der Waals surface area contributed by atoms with E-state index in [4.69, 9.17) is 26.8 Å². The monoisotopic (exact) mass is 863 g/mol. The molecule has 15 heteroatoms. The molecule has 4 aliphatic rings. The van der Waals surface area contributed by atoms with Crippen LogP contribution in [0.25, 0.3) is 0 Å². The molecule has 61 heavy (non-hydrogen) atoms. The highest BCUT2D eigenvalue weighted by Gasteiger charge is 2.35. The number of para-hydroxylation sites is 1. The van der Waals surface area contributed by atoms with Crippen molar-refractivity contribution in [3.63, 3.8) is 0 Å². The number of aryl methyl sites for hydroxylation is 1. The van der Waals surface area contributed by atoms with E-state index in [1.807, 2.05) is 47.1 Å². The Labute approximate surface area is 366 Å². The normalized spacial score (nSPS) is 19.1. The summed E-state index contributed by atoms with van der Waals surface area (Å²) >= 11 is 6.44. The van der Waals surface area contributed by atoms with Crippen LogP contribution in [0.3, 0.4) is 0 Å². The molecule has 0 bridgehead atoms. The third-order valence-corrected chi connectivity index (χ3v) is 13.6. The van der Waals surface area contributed by atoms with Gasteiger partial charge in [0.05, 0.1) is 23.7 Å². The first-order valence-corrected chi connectivity index (χ1v) is 22.8. The maximum Gasteiger partial charge on any atom is 0.410 e. The molecule has 334 valence electrons. The Morgan fingerprint density at radius 2 is 1.72 bits per heavy atom. The Hall–Kier alpha value is -4.56. The van der Waals surface area contributed by atoms with E-state index in [0.29, 0.717) is 101 Å². The lowest BCUT2D eigenvalue weighted by molar-refractivity contribution is -0.144. The number of esters is 1. The molecule has 14 nitrogen and oxygen atoms in total. The van der Waals surface area contributed by atoms with Crippen molar-refractivity contribution in [2.24, 2.45) is 11.8 Å². The lowest BCUT2D eigenvalue weighted by Gasteiger charge is -2.38. The van der Waals surface area contributed by atoms with Crippen LogP contribution in [0.5, 0.6) is 0 Å². The zero-order valence-corrected chi connectivity index (χ0v) is 37.1. The van der Waals surface area contributed by atoms with Gasteiger partial charge < -0.3 is 45.0 Å². The molecular weight excluding hydrogens is 798 g/mol. The second-order valence-corrected chi connectivity index (χ2v) is 17.9. The first-order valence-electron chi connectivity index (χ1n) is 22.4. The number of likely N-dealkylation sites (N-methyl/N-ethyl adjacent to an activating group) is 1. The predicted octanol–water partition coefficient (Wildman–Crippen LogP) is 6.37. The van der Waals surface area contributed by atoms with Crippen LogP contribution >= 0.6 is 11.6 Å². The summed E-state index contributed by atoms with van der Waals surface area (Å²) in [6, 6.07) is 11.3. The lowest BCUT2D eigenvalue weighted by atomic mass is 9.83. The van der Waals surface area contributed by atoms with Gasteiger partial charge in [-0.1, -0.05) is 42.8 Å². The first kappa shape index (κ1) is 46.0. The van der Waals surface area contributed by atoms with E-state index in [2.05, 4.69) is 17.1 Å². The van der Waals surface area contributed by atoms with Crippen molar-refractivity contribution in [2.45, 2.75) is 103 Å². The number of anilines is 2. The number of benzene rings is 2. The number of piperidine rings is 3. The smallest absolute Gasteiger partial charge is 0.410 e. The van der Waals surface area contributed by atoms with Crippen LogP contribution in [0, 0.1) is 18.8 Å². The average molecular weight is 865 g/mol. The van der Waals surface area contributed by atoms with Gasteiger partial charge in [-0.2, -0.15) is 0 Å². The maximum atomic E-state index is 14.1. The van der Waals surface area contributed by atoms with E-state index < -0.39 is 12.2 Å². The van der Waals surface area contributed by atoms with Crippen LogP contribution < -0.4 is 11.1 Å². The van der Waals surface area contributed by atoms with E-state index in [1.54, 1.807) is 22.9 Å². The molecule has 0 aromatic heterocycles. The molecule has 0 saturated carbocycles. The number of nitrogens with one attached hydrogen (secondary N) is 1. The standard InChI is InChI=1S/C46H66ClN7O7/c1-32(35-13-22-51(23-14-35)24-18-42(56)60-28-8-20-52-19-7-6-11-41(52)55)12-21-50(3)44(57)40(31-34-29-33(2)43(48)38(47)30-34)61-46(59)53-25-16-37(17-26-53)54-27-15-36-9-4-5-10-39(36)49-45(54)58/h4-5,9-10,29-30,32,35,37,40H,6-8,11-28,31,48H2,1-3H3,(H,49,58)/t32?,40-/m1/s1. The summed E-state index contributed by atoms with van der Waals surface area (Å²) in [4.78, 5) is 74.8. The van der Waals surface area contributed by atoms with Gasteiger partial charge in [0.1, 0.15) is 0 Å². The molecule has 0 aliphatic carbocycles. The Morgan fingerprint density at radius 1 is 0.967 bits per heavy atom. The van der Waals surface area contributed by atoms with Gasteiger partial charge in [0, 0.05) is 77.4 Å². The number of nitrogens with two attached hydrogens (primary N) is 1. The molecule has 4 heterocycles. The van der Waals surface area contributed by atoms with Crippen molar-refractivity contribution in [2.75, 3.05) is 83.6 Å². The molecule has 3 fully saturated rings. The quantitative estimate of drug-likeness (QED) is 0.111. The van der Waals surface area contributed by atoms with Gasteiger partial charge in [0.25, 0.3) is 5.91 Å². The van der Waals surface area contributed by atoms with Crippen molar-refractivity contribution >= 4 is 52.9 Å². The summed E-state index contributed by atoms with van der Waals surface area (Å²) in [6.07, 6.45) is 7.01. The summed E-state index contributed by atoms with van der Waals surface area (Å²) in [5.74, 6) is 0.601. The number of halogens is 1. The van der Waals surface area contributed by atoms with Crippen molar-refractivity contribution in [3.8, 4) is 0 Å². The number of ether oxygens (including phenoxy) is 2. The molecule has 3 N–H and O–H groups in total. The van der Waals surface area contributed by atoms with Gasteiger partial charge in [-0.05, 0) is 118 Å². The number of nitrogens with zero attached hydrogens (tertiary/aromatic N) is 5. The van der Waals surface area contributed by atoms with Crippen LogP contribution in [0.4, 0.5) is 21.0 Å². The second kappa shape index (κ2) is 22.0. The van der Waals surface area contributed by atoms with Gasteiger partial charge in [-0.3, -0.25) is 14.4 Å². The fraction of sp³-hybridized carbons (Fsp3) is 0.630. The van der Waals surface area contributed by atoms with Gasteiger partial charge in [0.15, 0.2) is 6.10 Å². The molecule has 6 rings (SSSR count). The predicted molar refractivity (Wildman–Crippen MR) is 236 cm³/mol. The van der Waals surface area contributed by atoms with Crippen LogP contribution in [-0.2, 0) is 36.7 Å². The van der Waals surface area contributed by atoms with Gasteiger partial charge in [-0.15, -0.1) is 0 Å². The number of carbonyl (C=O) groups is 5. The van der Waals surface area contributed by atoms with Gasteiger partial charge in [0.2, 0.25) is 5.91 Å². The Kier molecular flexibility index (Phi) is 16.6. The highest BCUT2D eigenvalue weighted by molar-refractivity contribution is 6.33. The number of hydrogen-bond acceptors (Lipinski definition) is 9. The minimum Gasteiger partial charge on any atom is -0.466 e. The van der Waals surface area contributed by atoms with Crippen LogP contribution in [0.2, 0.25) is 5.02 Å². The van der Waals surface area contributed by atoms with Crippen LogP contribution in [0.15, 0.2) is 36.4 Å². The van der Waals surface area contributed by atoms with E-state index in [9.17, 15) is 24.0 Å². The molecule has 1 unspecified atom stereocenters. The number of hydrogen-bond donors (Lipinski definition) is 2. The lowest BCUT2D eigenvalue weighted by Crippen LogP contribution is -2.51. The Morgan fingerprint density at radius 3 is 2.46 bits per heavy atom. The molecule has 2 aromatic carbocycles.